The van der Waals surface area contributed by atoms with Crippen LogP contribution < -0.4 is 0 Å². The molecule has 0 radical (unpaired) electrons. The minimum Gasteiger partial charge on any atom is -0.380 e. The zero-order valence-corrected chi connectivity index (χ0v) is 20.7. The molecule has 0 unspecified atom stereocenters. The van der Waals surface area contributed by atoms with Crippen molar-refractivity contribution in [3.8, 4) is 0 Å². The van der Waals surface area contributed by atoms with Crippen molar-refractivity contribution in [3.05, 3.63) is 0 Å². The van der Waals surface area contributed by atoms with Gasteiger partial charge in [0.05, 0.1) is 13.3 Å². The molecule has 4 fully saturated rings. The molecule has 0 atom stereocenters. The molecule has 0 saturated carbocycles. The minimum atomic E-state index is 0.819. The van der Waals surface area contributed by atoms with Crippen LogP contribution in [0.25, 0.3) is 0 Å². The SMILES string of the molecule is CN1CCCCC1.CN1CCCCCC1.CN1CCCOC1.CN1CCCOCC1. The van der Waals surface area contributed by atoms with Gasteiger partial charge in [0.2, 0.25) is 0 Å². The highest BCUT2D eigenvalue weighted by molar-refractivity contribution is 4.59. The minimum absolute atomic E-state index is 0.819. The topological polar surface area (TPSA) is 31.4 Å². The van der Waals surface area contributed by atoms with Crippen molar-refractivity contribution in [3.63, 3.8) is 0 Å². The third-order valence-electron chi connectivity index (χ3n) is 6.00. The molecule has 4 aliphatic heterocycles. The van der Waals surface area contributed by atoms with E-state index < -0.39 is 0 Å². The predicted octanol–water partition coefficient (Wildman–Crippen LogP) is 3.23. The maximum atomic E-state index is 5.22. The largest absolute Gasteiger partial charge is 0.380 e. The van der Waals surface area contributed by atoms with Crippen molar-refractivity contribution in [1.82, 2.24) is 19.6 Å². The van der Waals surface area contributed by atoms with Crippen LogP contribution in [0.15, 0.2) is 0 Å². The van der Waals surface area contributed by atoms with Crippen LogP contribution in [0.4, 0.5) is 0 Å². The van der Waals surface area contributed by atoms with E-state index in [4.69, 9.17) is 9.47 Å². The fourth-order valence-corrected chi connectivity index (χ4v) is 3.87. The van der Waals surface area contributed by atoms with E-state index in [2.05, 4.69) is 47.8 Å². The molecule has 4 rings (SSSR count). The number of piperidine rings is 1. The van der Waals surface area contributed by atoms with Crippen molar-refractivity contribution in [2.24, 2.45) is 0 Å². The first-order chi connectivity index (χ1) is 14.6. The number of rotatable bonds is 0. The summed E-state index contributed by atoms with van der Waals surface area (Å²) < 4.78 is 10.3. The highest BCUT2D eigenvalue weighted by Gasteiger charge is 2.04. The smallest absolute Gasteiger partial charge is 0.0987 e. The highest BCUT2D eigenvalue weighted by Crippen LogP contribution is 2.06. The second-order valence-corrected chi connectivity index (χ2v) is 9.32. The van der Waals surface area contributed by atoms with E-state index in [9.17, 15) is 0 Å². The molecule has 4 aliphatic rings. The number of nitrogens with zero attached hydrogens (tertiary/aromatic N) is 4. The molecule has 0 amide bonds. The monoisotopic (exact) mass is 428 g/mol. The molecule has 4 heterocycles. The number of likely N-dealkylation sites (tertiary alicyclic amines) is 2. The number of likely N-dealkylation sites (N-methyl/N-ethyl adjacent to an activating group) is 1. The second kappa shape index (κ2) is 19.4. The van der Waals surface area contributed by atoms with E-state index in [0.29, 0.717) is 0 Å². The van der Waals surface area contributed by atoms with Gasteiger partial charge in [0.1, 0.15) is 0 Å². The molecule has 0 aliphatic carbocycles. The molecular formula is C24H52N4O2. The molecule has 4 saturated heterocycles. The molecule has 6 heteroatoms. The second-order valence-electron chi connectivity index (χ2n) is 9.32. The standard InChI is InChI=1S/C7H15N.C6H13NO.C6H13N.C5H11NO/c1-8-6-4-2-3-5-7-8;1-7-3-2-5-8-6-4-7;1-7-5-3-2-4-6-7;1-6-3-2-4-7-5-6/h2-7H2,1H3;2-6H2,1H3;2-6H2,1H3;2-5H2,1H3. The van der Waals surface area contributed by atoms with Gasteiger partial charge in [-0.25, -0.2) is 0 Å². The Labute approximate surface area is 187 Å². The van der Waals surface area contributed by atoms with Crippen LogP contribution in [0, 0.1) is 0 Å². The lowest BCUT2D eigenvalue weighted by atomic mass is 10.1. The summed E-state index contributed by atoms with van der Waals surface area (Å²) in [6, 6.07) is 0. The first-order valence-electron chi connectivity index (χ1n) is 12.5. The summed E-state index contributed by atoms with van der Waals surface area (Å²) in [6.07, 6.45) is 12.4. The van der Waals surface area contributed by atoms with Crippen LogP contribution in [0.2, 0.25) is 0 Å². The van der Waals surface area contributed by atoms with Gasteiger partial charge in [-0.1, -0.05) is 19.3 Å². The molecule has 30 heavy (non-hydrogen) atoms. The molecule has 180 valence electrons. The van der Waals surface area contributed by atoms with Gasteiger partial charge in [-0.15, -0.1) is 0 Å². The maximum Gasteiger partial charge on any atom is 0.0987 e. The van der Waals surface area contributed by atoms with Crippen molar-refractivity contribution < 1.29 is 9.47 Å². The van der Waals surface area contributed by atoms with Crippen LogP contribution in [0.1, 0.15) is 57.8 Å². The van der Waals surface area contributed by atoms with Gasteiger partial charge in [0.15, 0.2) is 0 Å². The molecule has 0 spiro atoms. The van der Waals surface area contributed by atoms with Gasteiger partial charge in [-0.05, 0) is 92.9 Å². The molecule has 0 N–H and O–H groups in total. The predicted molar refractivity (Wildman–Crippen MR) is 128 cm³/mol. The number of hydrogen-bond acceptors (Lipinski definition) is 6. The molecule has 6 nitrogen and oxygen atoms in total. The third-order valence-corrected chi connectivity index (χ3v) is 6.00. The molecule has 0 aromatic rings. The Morgan fingerprint density at radius 1 is 0.367 bits per heavy atom. The van der Waals surface area contributed by atoms with Crippen molar-refractivity contribution in [1.29, 1.82) is 0 Å². The fraction of sp³-hybridized carbons (Fsp3) is 1.00. The molecule has 0 aromatic carbocycles. The van der Waals surface area contributed by atoms with Gasteiger partial charge in [0.25, 0.3) is 0 Å². The van der Waals surface area contributed by atoms with E-state index in [1.807, 2.05) is 0 Å². The average Bonchev–Trinajstić information content (AvgIpc) is 3.15. The Morgan fingerprint density at radius 3 is 1.23 bits per heavy atom. The van der Waals surface area contributed by atoms with E-state index in [0.717, 1.165) is 33.1 Å². The Morgan fingerprint density at radius 2 is 0.767 bits per heavy atom. The lowest BCUT2D eigenvalue weighted by Gasteiger charge is -2.21. The Balaban J connectivity index is 0.000000200. The van der Waals surface area contributed by atoms with Gasteiger partial charge in [-0.3, -0.25) is 4.90 Å². The normalized spacial score (nSPS) is 25.2. The molecular weight excluding hydrogens is 376 g/mol. The van der Waals surface area contributed by atoms with Crippen LogP contribution in [0.3, 0.4) is 0 Å². The zero-order valence-electron chi connectivity index (χ0n) is 20.7. The average molecular weight is 429 g/mol. The first kappa shape index (κ1) is 27.8. The Hall–Kier alpha value is -0.240. The van der Waals surface area contributed by atoms with Crippen LogP contribution >= 0.6 is 0 Å². The zero-order chi connectivity index (χ0) is 21.9. The first-order valence-corrected chi connectivity index (χ1v) is 12.5. The van der Waals surface area contributed by atoms with Crippen molar-refractivity contribution in [2.45, 2.75) is 57.8 Å². The van der Waals surface area contributed by atoms with Crippen molar-refractivity contribution >= 4 is 0 Å². The van der Waals surface area contributed by atoms with Gasteiger partial charge >= 0.3 is 0 Å². The summed E-state index contributed by atoms with van der Waals surface area (Å²) in [5.74, 6) is 0. The lowest BCUT2D eigenvalue weighted by molar-refractivity contribution is 0.00118. The number of hydrogen-bond donors (Lipinski definition) is 0. The van der Waals surface area contributed by atoms with E-state index in [1.54, 1.807) is 0 Å². The van der Waals surface area contributed by atoms with E-state index in [-0.39, 0.29) is 0 Å². The van der Waals surface area contributed by atoms with Crippen LogP contribution in [0.5, 0.6) is 0 Å². The van der Waals surface area contributed by atoms with Crippen LogP contribution in [-0.4, -0.2) is 120 Å². The fourth-order valence-electron chi connectivity index (χ4n) is 3.87. The highest BCUT2D eigenvalue weighted by atomic mass is 16.5. The van der Waals surface area contributed by atoms with Gasteiger partial charge < -0.3 is 24.2 Å². The summed E-state index contributed by atoms with van der Waals surface area (Å²) in [6.45, 7) is 12.4. The summed E-state index contributed by atoms with van der Waals surface area (Å²) >= 11 is 0. The summed E-state index contributed by atoms with van der Waals surface area (Å²) in [7, 11) is 8.61. The van der Waals surface area contributed by atoms with E-state index >= 15 is 0 Å². The Bertz CT molecular complexity index is 311. The van der Waals surface area contributed by atoms with E-state index in [1.165, 1.54) is 97.1 Å². The van der Waals surface area contributed by atoms with Crippen molar-refractivity contribution in [2.75, 3.05) is 101 Å². The summed E-state index contributed by atoms with van der Waals surface area (Å²) in [4.78, 5) is 9.28. The quantitative estimate of drug-likeness (QED) is 0.589. The maximum absolute atomic E-state index is 5.22. The Kier molecular flexibility index (Phi) is 18.0. The van der Waals surface area contributed by atoms with Gasteiger partial charge in [-0.2, -0.15) is 0 Å². The third kappa shape index (κ3) is 17.4. The van der Waals surface area contributed by atoms with Crippen LogP contribution in [-0.2, 0) is 9.47 Å². The number of ether oxygens (including phenoxy) is 2. The lowest BCUT2D eigenvalue weighted by Crippen LogP contribution is -2.28. The van der Waals surface area contributed by atoms with Gasteiger partial charge in [0, 0.05) is 32.8 Å². The summed E-state index contributed by atoms with van der Waals surface area (Å²) in [5.41, 5.74) is 0. The molecule has 0 aromatic heterocycles. The summed E-state index contributed by atoms with van der Waals surface area (Å²) in [5, 5.41) is 0. The molecule has 0 bridgehead atoms.